The van der Waals surface area contributed by atoms with E-state index in [-0.39, 0.29) is 5.56 Å². The van der Waals surface area contributed by atoms with Crippen molar-refractivity contribution < 1.29 is 22.7 Å². The number of nitrogens with one attached hydrogen (secondary N) is 1. The number of halogens is 3. The molecule has 24 heavy (non-hydrogen) atoms. The zero-order valence-corrected chi connectivity index (χ0v) is 13.4. The predicted molar refractivity (Wildman–Crippen MR) is 85.1 cm³/mol. The molecule has 0 aromatic heterocycles. The van der Waals surface area contributed by atoms with Crippen molar-refractivity contribution in [3.05, 3.63) is 60.2 Å². The van der Waals surface area contributed by atoms with Gasteiger partial charge in [-0.1, -0.05) is 54.6 Å². The topological polar surface area (TPSA) is 38.3 Å². The third-order valence-corrected chi connectivity index (χ3v) is 3.63. The first-order chi connectivity index (χ1) is 11.3. The highest BCUT2D eigenvalue weighted by atomic mass is 19.4. The van der Waals surface area contributed by atoms with Crippen molar-refractivity contribution in [2.75, 3.05) is 7.11 Å². The quantitative estimate of drug-likeness (QED) is 0.829. The van der Waals surface area contributed by atoms with E-state index in [1.807, 2.05) is 30.3 Å². The zero-order chi connectivity index (χ0) is 17.8. The molecule has 2 aromatic carbocycles. The Morgan fingerprint density at radius 3 is 2.00 bits per heavy atom. The van der Waals surface area contributed by atoms with Crippen molar-refractivity contribution in [3.8, 4) is 11.1 Å². The summed E-state index contributed by atoms with van der Waals surface area (Å²) in [6, 6.07) is 15.9. The summed E-state index contributed by atoms with van der Waals surface area (Å²) in [7, 11) is 1.15. The summed E-state index contributed by atoms with van der Waals surface area (Å²) in [6.45, 7) is 1.16. The highest BCUT2D eigenvalue weighted by molar-refractivity contribution is 5.74. The van der Waals surface area contributed by atoms with Gasteiger partial charge in [0, 0.05) is 19.6 Å². The molecule has 0 heterocycles. The number of ether oxygens (including phenoxy) is 1. The lowest BCUT2D eigenvalue weighted by molar-refractivity contribution is -0.195. The average molecular weight is 337 g/mol. The molecule has 0 aliphatic heterocycles. The number of rotatable bonds is 5. The van der Waals surface area contributed by atoms with Crippen LogP contribution < -0.4 is 5.32 Å². The monoisotopic (exact) mass is 337 g/mol. The van der Waals surface area contributed by atoms with E-state index in [1.54, 1.807) is 12.1 Å². The Bertz CT molecular complexity index is 684. The highest BCUT2D eigenvalue weighted by Gasteiger charge is 2.45. The Balaban J connectivity index is 2.41. The van der Waals surface area contributed by atoms with Crippen LogP contribution in [-0.2, 0) is 15.3 Å². The van der Waals surface area contributed by atoms with Gasteiger partial charge in [0.1, 0.15) is 0 Å². The fourth-order valence-corrected chi connectivity index (χ4v) is 2.59. The first-order valence-corrected chi connectivity index (χ1v) is 7.32. The van der Waals surface area contributed by atoms with Gasteiger partial charge in [0.2, 0.25) is 5.91 Å². The Hall–Kier alpha value is -2.34. The van der Waals surface area contributed by atoms with Crippen molar-refractivity contribution >= 4 is 5.91 Å². The Morgan fingerprint density at radius 2 is 1.54 bits per heavy atom. The van der Waals surface area contributed by atoms with Gasteiger partial charge < -0.3 is 10.1 Å². The van der Waals surface area contributed by atoms with Crippen molar-refractivity contribution in [2.45, 2.75) is 25.2 Å². The van der Waals surface area contributed by atoms with E-state index < -0.39 is 24.2 Å². The number of benzene rings is 2. The van der Waals surface area contributed by atoms with Crippen LogP contribution in [0.15, 0.2) is 54.6 Å². The molecule has 0 bridgehead atoms. The number of hydrogen-bond donors (Lipinski definition) is 1. The summed E-state index contributed by atoms with van der Waals surface area (Å²) in [4.78, 5) is 11.4. The van der Waals surface area contributed by atoms with Gasteiger partial charge in [-0.05, 0) is 11.1 Å². The molecular weight excluding hydrogens is 319 g/mol. The summed E-state index contributed by atoms with van der Waals surface area (Å²) < 4.78 is 44.1. The van der Waals surface area contributed by atoms with Gasteiger partial charge in [0.15, 0.2) is 5.72 Å². The smallest absolute Gasteiger partial charge is 0.354 e. The van der Waals surface area contributed by atoms with Crippen LogP contribution in [0.3, 0.4) is 0 Å². The summed E-state index contributed by atoms with van der Waals surface area (Å²) in [5.74, 6) is -0.603. The molecule has 0 saturated heterocycles. The van der Waals surface area contributed by atoms with Gasteiger partial charge in [-0.15, -0.1) is 0 Å². The molecule has 128 valence electrons. The van der Waals surface area contributed by atoms with Gasteiger partial charge in [-0.25, -0.2) is 0 Å². The molecule has 2 rings (SSSR count). The third kappa shape index (κ3) is 4.35. The van der Waals surface area contributed by atoms with E-state index in [0.717, 1.165) is 25.2 Å². The number of hydrogen-bond acceptors (Lipinski definition) is 2. The summed E-state index contributed by atoms with van der Waals surface area (Å²) >= 11 is 0. The zero-order valence-electron chi connectivity index (χ0n) is 13.4. The first kappa shape index (κ1) is 18.0. The van der Waals surface area contributed by atoms with Crippen molar-refractivity contribution in [2.24, 2.45) is 0 Å². The minimum Gasteiger partial charge on any atom is -0.354 e. The first-order valence-electron chi connectivity index (χ1n) is 7.32. The molecule has 0 saturated carbocycles. The van der Waals surface area contributed by atoms with Crippen LogP contribution in [0, 0.1) is 0 Å². The van der Waals surface area contributed by atoms with E-state index in [0.29, 0.717) is 0 Å². The van der Waals surface area contributed by atoms with Gasteiger partial charge in [-0.3, -0.25) is 4.79 Å². The molecule has 0 aliphatic rings. The van der Waals surface area contributed by atoms with Crippen LogP contribution in [-0.4, -0.2) is 19.2 Å². The van der Waals surface area contributed by atoms with Crippen LogP contribution >= 0.6 is 0 Å². The number of carbonyl (C=O) groups is 1. The lowest BCUT2D eigenvalue weighted by Gasteiger charge is -2.34. The standard InChI is InChI=1S/C18H18F3NO2/c1-13(23)22-17(24-2,12-18(19,20)21)16-10-8-15(9-11-16)14-6-4-3-5-7-14/h3-11H,12H2,1-2H3,(H,22,23). The number of alkyl halides is 3. The van der Waals surface area contributed by atoms with E-state index in [2.05, 4.69) is 5.32 Å². The fourth-order valence-electron chi connectivity index (χ4n) is 2.59. The number of amides is 1. The minimum atomic E-state index is -4.50. The lowest BCUT2D eigenvalue weighted by atomic mass is 9.95. The molecule has 0 radical (unpaired) electrons. The molecule has 6 heteroatoms. The van der Waals surface area contributed by atoms with E-state index in [1.165, 1.54) is 12.1 Å². The van der Waals surface area contributed by atoms with E-state index in [9.17, 15) is 18.0 Å². The molecule has 0 aliphatic carbocycles. The van der Waals surface area contributed by atoms with Crippen LogP contribution in [0.2, 0.25) is 0 Å². The lowest BCUT2D eigenvalue weighted by Crippen LogP contribution is -2.49. The van der Waals surface area contributed by atoms with Crippen molar-refractivity contribution in [3.63, 3.8) is 0 Å². The predicted octanol–water partition coefficient (Wildman–Crippen LogP) is 4.24. The van der Waals surface area contributed by atoms with Gasteiger partial charge in [-0.2, -0.15) is 13.2 Å². The summed E-state index contributed by atoms with van der Waals surface area (Å²) in [6.07, 6.45) is -5.82. The van der Waals surface area contributed by atoms with Crippen molar-refractivity contribution in [1.29, 1.82) is 0 Å². The number of carbonyl (C=O) groups excluding carboxylic acids is 1. The van der Waals surface area contributed by atoms with Crippen molar-refractivity contribution in [1.82, 2.24) is 5.32 Å². The van der Waals surface area contributed by atoms with Crippen LogP contribution in [0.25, 0.3) is 11.1 Å². The highest BCUT2D eigenvalue weighted by Crippen LogP contribution is 2.36. The van der Waals surface area contributed by atoms with Gasteiger partial charge in [0.25, 0.3) is 0 Å². The summed E-state index contributed by atoms with van der Waals surface area (Å²) in [5, 5.41) is 2.29. The molecule has 0 spiro atoms. The van der Waals surface area contributed by atoms with Crippen LogP contribution in [0.5, 0.6) is 0 Å². The summed E-state index contributed by atoms with van der Waals surface area (Å²) in [5.41, 5.74) is 0.0954. The number of methoxy groups -OCH3 is 1. The molecule has 1 N–H and O–H groups in total. The third-order valence-electron chi connectivity index (χ3n) is 3.63. The largest absolute Gasteiger partial charge is 0.394 e. The molecule has 1 unspecified atom stereocenters. The molecule has 1 amide bonds. The van der Waals surface area contributed by atoms with E-state index in [4.69, 9.17) is 4.74 Å². The fraction of sp³-hybridized carbons (Fsp3) is 0.278. The van der Waals surface area contributed by atoms with Crippen LogP contribution in [0.1, 0.15) is 18.9 Å². The van der Waals surface area contributed by atoms with Gasteiger partial charge in [0.05, 0.1) is 6.42 Å². The Kier molecular flexibility index (Phi) is 5.29. The molecular formula is C18H18F3NO2. The van der Waals surface area contributed by atoms with Gasteiger partial charge >= 0.3 is 6.18 Å². The Labute approximate surface area is 138 Å². The SMILES string of the molecule is COC(CC(F)(F)F)(NC(C)=O)c1ccc(-c2ccccc2)cc1. The van der Waals surface area contributed by atoms with E-state index >= 15 is 0 Å². The second-order valence-electron chi connectivity index (χ2n) is 5.45. The average Bonchev–Trinajstić information content (AvgIpc) is 2.53. The molecule has 1 atom stereocenters. The van der Waals surface area contributed by atoms with Crippen LogP contribution in [0.4, 0.5) is 13.2 Å². The maximum atomic E-state index is 13.0. The second-order valence-corrected chi connectivity index (χ2v) is 5.45. The maximum Gasteiger partial charge on any atom is 0.394 e. The minimum absolute atomic E-state index is 0.234. The molecule has 0 fully saturated rings. The molecule has 3 nitrogen and oxygen atoms in total. The molecule has 2 aromatic rings. The normalized spacial score (nSPS) is 14.0. The maximum absolute atomic E-state index is 13.0. The second kappa shape index (κ2) is 7.05. The Morgan fingerprint density at radius 1 is 1.00 bits per heavy atom.